The molecule has 1 amide bonds. The van der Waals surface area contributed by atoms with Crippen LogP contribution in [0.15, 0.2) is 36.7 Å². The average molecular weight is 307 g/mol. The van der Waals surface area contributed by atoms with Crippen LogP contribution in [0.1, 0.15) is 10.4 Å². The second-order valence-corrected chi connectivity index (χ2v) is 4.62. The van der Waals surface area contributed by atoms with E-state index < -0.39 is 0 Å². The highest BCUT2D eigenvalue weighted by Gasteiger charge is 2.07. The van der Waals surface area contributed by atoms with Gasteiger partial charge in [-0.15, -0.1) is 0 Å². The van der Waals surface area contributed by atoms with Crippen molar-refractivity contribution in [1.29, 1.82) is 0 Å². The van der Waals surface area contributed by atoms with Crippen LogP contribution in [0.2, 0.25) is 5.02 Å². The zero-order valence-corrected chi connectivity index (χ0v) is 12.2. The largest absolute Gasteiger partial charge is 0.383 e. The first-order valence-electron chi connectivity index (χ1n) is 6.31. The van der Waals surface area contributed by atoms with Crippen molar-refractivity contribution < 1.29 is 9.53 Å². The molecule has 7 heteroatoms. The highest BCUT2D eigenvalue weighted by Crippen LogP contribution is 2.15. The zero-order chi connectivity index (χ0) is 15.1. The molecule has 1 heterocycles. The van der Waals surface area contributed by atoms with Gasteiger partial charge >= 0.3 is 0 Å². The molecule has 0 radical (unpaired) electrons. The standard InChI is InChI=1S/C14H15ClN4O2/c1-21-6-5-16-14-17-8-10(9-18-14)13(20)19-12-4-2-3-11(15)7-12/h2-4,7-9H,5-6H2,1H3,(H,19,20)(H,16,17,18). The molecule has 0 aliphatic carbocycles. The number of amides is 1. The van der Waals surface area contributed by atoms with Crippen LogP contribution < -0.4 is 10.6 Å². The third kappa shape index (κ3) is 4.70. The quantitative estimate of drug-likeness (QED) is 0.802. The Morgan fingerprint density at radius 2 is 2.10 bits per heavy atom. The van der Waals surface area contributed by atoms with Gasteiger partial charge in [0, 0.05) is 36.8 Å². The highest BCUT2D eigenvalue weighted by atomic mass is 35.5. The molecule has 0 aliphatic rings. The number of anilines is 2. The van der Waals surface area contributed by atoms with Crippen molar-refractivity contribution in [2.75, 3.05) is 30.9 Å². The Hall–Kier alpha value is -2.18. The molecular weight excluding hydrogens is 292 g/mol. The Labute approximate surface area is 127 Å². The third-order valence-corrected chi connectivity index (χ3v) is 2.82. The number of hydrogen-bond donors (Lipinski definition) is 2. The molecule has 0 bridgehead atoms. The first-order valence-corrected chi connectivity index (χ1v) is 6.68. The Morgan fingerprint density at radius 3 is 2.76 bits per heavy atom. The van der Waals surface area contributed by atoms with Crippen molar-refractivity contribution >= 4 is 29.1 Å². The number of benzene rings is 1. The van der Waals surface area contributed by atoms with Crippen molar-refractivity contribution in [1.82, 2.24) is 9.97 Å². The molecule has 0 unspecified atom stereocenters. The number of aromatic nitrogens is 2. The van der Waals surface area contributed by atoms with Crippen LogP contribution in [0.3, 0.4) is 0 Å². The molecule has 2 rings (SSSR count). The van der Waals surface area contributed by atoms with E-state index in [9.17, 15) is 4.79 Å². The van der Waals surface area contributed by atoms with Gasteiger partial charge in [0.1, 0.15) is 0 Å². The number of nitrogens with one attached hydrogen (secondary N) is 2. The molecule has 21 heavy (non-hydrogen) atoms. The summed E-state index contributed by atoms with van der Waals surface area (Å²) in [6, 6.07) is 6.92. The van der Waals surface area contributed by atoms with Crippen LogP contribution in [-0.4, -0.2) is 36.1 Å². The van der Waals surface area contributed by atoms with E-state index in [-0.39, 0.29) is 5.91 Å². The Morgan fingerprint density at radius 1 is 1.33 bits per heavy atom. The molecule has 2 N–H and O–H groups in total. The highest BCUT2D eigenvalue weighted by molar-refractivity contribution is 6.30. The van der Waals surface area contributed by atoms with Crippen molar-refractivity contribution in [3.63, 3.8) is 0 Å². The summed E-state index contributed by atoms with van der Waals surface area (Å²) in [5.74, 6) is 0.159. The van der Waals surface area contributed by atoms with E-state index in [1.54, 1.807) is 31.4 Å². The monoisotopic (exact) mass is 306 g/mol. The van der Waals surface area contributed by atoms with Gasteiger partial charge in [-0.1, -0.05) is 17.7 Å². The predicted molar refractivity (Wildman–Crippen MR) is 81.8 cm³/mol. The van der Waals surface area contributed by atoms with Gasteiger partial charge in [0.2, 0.25) is 5.95 Å². The summed E-state index contributed by atoms with van der Waals surface area (Å²) in [6.07, 6.45) is 2.92. The molecule has 0 saturated heterocycles. The minimum atomic E-state index is -0.291. The van der Waals surface area contributed by atoms with E-state index in [1.165, 1.54) is 12.4 Å². The number of hydrogen-bond acceptors (Lipinski definition) is 5. The maximum absolute atomic E-state index is 12.0. The second-order valence-electron chi connectivity index (χ2n) is 4.18. The van der Waals surface area contributed by atoms with Gasteiger partial charge in [0.15, 0.2) is 0 Å². The molecule has 0 fully saturated rings. The number of ether oxygens (including phenoxy) is 1. The Balaban J connectivity index is 1.96. The number of carbonyl (C=O) groups excluding carboxylic acids is 1. The first-order chi connectivity index (χ1) is 10.2. The minimum Gasteiger partial charge on any atom is -0.383 e. The van der Waals surface area contributed by atoms with Gasteiger partial charge in [0.25, 0.3) is 5.91 Å². The van der Waals surface area contributed by atoms with E-state index in [0.29, 0.717) is 35.4 Å². The van der Waals surface area contributed by atoms with Crippen LogP contribution >= 0.6 is 11.6 Å². The summed E-state index contributed by atoms with van der Waals surface area (Å²) < 4.78 is 4.91. The topological polar surface area (TPSA) is 76.1 Å². The normalized spacial score (nSPS) is 10.2. The third-order valence-electron chi connectivity index (χ3n) is 2.59. The van der Waals surface area contributed by atoms with Crippen LogP contribution in [0.5, 0.6) is 0 Å². The molecule has 0 atom stereocenters. The number of halogens is 1. The molecule has 110 valence electrons. The molecule has 1 aromatic heterocycles. The fourth-order valence-electron chi connectivity index (χ4n) is 1.57. The second kappa shape index (κ2) is 7.56. The molecule has 2 aromatic rings. The summed E-state index contributed by atoms with van der Waals surface area (Å²) in [6.45, 7) is 1.16. The maximum atomic E-state index is 12.0. The number of methoxy groups -OCH3 is 1. The van der Waals surface area contributed by atoms with Gasteiger partial charge in [-0.2, -0.15) is 0 Å². The lowest BCUT2D eigenvalue weighted by Crippen LogP contribution is -2.14. The van der Waals surface area contributed by atoms with Crippen LogP contribution in [0.4, 0.5) is 11.6 Å². The van der Waals surface area contributed by atoms with Gasteiger partial charge in [-0.25, -0.2) is 9.97 Å². The molecule has 0 aliphatic heterocycles. The fourth-order valence-corrected chi connectivity index (χ4v) is 1.76. The van der Waals surface area contributed by atoms with Gasteiger partial charge in [-0.05, 0) is 18.2 Å². The minimum absolute atomic E-state index is 0.291. The molecule has 1 aromatic carbocycles. The average Bonchev–Trinajstić information content (AvgIpc) is 2.48. The lowest BCUT2D eigenvalue weighted by molar-refractivity contribution is 0.102. The first kappa shape index (κ1) is 15.2. The lowest BCUT2D eigenvalue weighted by atomic mass is 10.3. The lowest BCUT2D eigenvalue weighted by Gasteiger charge is -2.06. The fraction of sp³-hybridized carbons (Fsp3) is 0.214. The van der Waals surface area contributed by atoms with Gasteiger partial charge < -0.3 is 15.4 Å². The maximum Gasteiger partial charge on any atom is 0.258 e. The summed E-state index contributed by atoms with van der Waals surface area (Å²) in [5, 5.41) is 6.26. The predicted octanol–water partition coefficient (Wildman–Crippen LogP) is 2.44. The van der Waals surface area contributed by atoms with Crippen molar-refractivity contribution in [2.24, 2.45) is 0 Å². The summed E-state index contributed by atoms with van der Waals surface area (Å²) in [7, 11) is 1.62. The number of carbonyl (C=O) groups is 1. The molecule has 0 saturated carbocycles. The molecular formula is C14H15ClN4O2. The Bertz CT molecular complexity index is 604. The van der Waals surface area contributed by atoms with Crippen molar-refractivity contribution in [2.45, 2.75) is 0 Å². The summed E-state index contributed by atoms with van der Waals surface area (Å²) in [4.78, 5) is 20.2. The summed E-state index contributed by atoms with van der Waals surface area (Å²) >= 11 is 5.86. The molecule has 6 nitrogen and oxygen atoms in total. The van der Waals surface area contributed by atoms with Crippen molar-refractivity contribution in [3.05, 3.63) is 47.2 Å². The SMILES string of the molecule is COCCNc1ncc(C(=O)Nc2cccc(Cl)c2)cn1. The number of rotatable bonds is 6. The van der Waals surface area contributed by atoms with Crippen LogP contribution in [-0.2, 0) is 4.74 Å². The van der Waals surface area contributed by atoms with Crippen molar-refractivity contribution in [3.8, 4) is 0 Å². The zero-order valence-electron chi connectivity index (χ0n) is 11.5. The van der Waals surface area contributed by atoms with Crippen LogP contribution in [0, 0.1) is 0 Å². The van der Waals surface area contributed by atoms with E-state index in [0.717, 1.165) is 0 Å². The molecule has 0 spiro atoms. The smallest absolute Gasteiger partial charge is 0.258 e. The van der Waals surface area contributed by atoms with Gasteiger partial charge in [0.05, 0.1) is 12.2 Å². The van der Waals surface area contributed by atoms with Crippen LogP contribution in [0.25, 0.3) is 0 Å². The number of nitrogens with zero attached hydrogens (tertiary/aromatic N) is 2. The van der Waals surface area contributed by atoms with Gasteiger partial charge in [-0.3, -0.25) is 4.79 Å². The Kier molecular flexibility index (Phi) is 5.48. The summed E-state index contributed by atoms with van der Waals surface area (Å²) in [5.41, 5.74) is 0.988. The van der Waals surface area contributed by atoms with E-state index in [2.05, 4.69) is 20.6 Å². The van der Waals surface area contributed by atoms with E-state index in [1.807, 2.05) is 0 Å². The van der Waals surface area contributed by atoms with E-state index >= 15 is 0 Å². The van der Waals surface area contributed by atoms with E-state index in [4.69, 9.17) is 16.3 Å².